The number of carbonyl (C=O) groups is 1. The van der Waals surface area contributed by atoms with Crippen molar-refractivity contribution in [1.82, 2.24) is 15.5 Å². The number of amides is 1. The number of nitrogen functional groups attached to an aromatic ring is 1. The predicted octanol–water partition coefficient (Wildman–Crippen LogP) is 0.837. The SMILES string of the molecule is CCCc1[nH]nc(C(=O)NCC2(CCO)CC2)c1N. The van der Waals surface area contributed by atoms with Gasteiger partial charge in [-0.2, -0.15) is 5.10 Å². The molecule has 1 aromatic rings. The van der Waals surface area contributed by atoms with Crippen molar-refractivity contribution in [1.29, 1.82) is 0 Å². The second kappa shape index (κ2) is 5.61. The number of aliphatic hydroxyl groups is 1. The molecule has 6 nitrogen and oxygen atoms in total. The number of anilines is 1. The first-order valence-electron chi connectivity index (χ1n) is 6.83. The number of aromatic nitrogens is 2. The molecule has 1 aliphatic carbocycles. The molecule has 5 N–H and O–H groups in total. The summed E-state index contributed by atoms with van der Waals surface area (Å²) in [6, 6.07) is 0. The highest BCUT2D eigenvalue weighted by molar-refractivity contribution is 5.97. The lowest BCUT2D eigenvalue weighted by molar-refractivity contribution is 0.0936. The van der Waals surface area contributed by atoms with Gasteiger partial charge in [0.05, 0.1) is 11.4 Å². The van der Waals surface area contributed by atoms with Gasteiger partial charge in [-0.1, -0.05) is 13.3 Å². The number of nitrogens with one attached hydrogen (secondary N) is 2. The molecule has 106 valence electrons. The molecule has 0 bridgehead atoms. The number of aliphatic hydroxyl groups excluding tert-OH is 1. The number of aryl methyl sites for hydroxylation is 1. The van der Waals surface area contributed by atoms with E-state index in [1.165, 1.54) is 0 Å². The quantitative estimate of drug-likeness (QED) is 0.587. The van der Waals surface area contributed by atoms with E-state index in [0.717, 1.165) is 37.8 Å². The zero-order chi connectivity index (χ0) is 13.9. The molecule has 0 aliphatic heterocycles. The van der Waals surface area contributed by atoms with Crippen LogP contribution in [0.25, 0.3) is 0 Å². The second-order valence-corrected chi connectivity index (χ2v) is 5.37. The summed E-state index contributed by atoms with van der Waals surface area (Å²) in [5, 5.41) is 18.7. The molecule has 1 aromatic heterocycles. The van der Waals surface area contributed by atoms with E-state index in [-0.39, 0.29) is 23.6 Å². The van der Waals surface area contributed by atoms with Gasteiger partial charge in [-0.05, 0) is 31.1 Å². The highest BCUT2D eigenvalue weighted by Gasteiger charge is 2.42. The second-order valence-electron chi connectivity index (χ2n) is 5.37. The first-order chi connectivity index (χ1) is 9.12. The van der Waals surface area contributed by atoms with Crippen LogP contribution < -0.4 is 11.1 Å². The normalized spacial score (nSPS) is 16.3. The van der Waals surface area contributed by atoms with Crippen molar-refractivity contribution in [2.45, 2.75) is 39.0 Å². The Balaban J connectivity index is 1.93. The van der Waals surface area contributed by atoms with Crippen LogP contribution in [0.15, 0.2) is 0 Å². The van der Waals surface area contributed by atoms with E-state index in [4.69, 9.17) is 10.8 Å². The maximum Gasteiger partial charge on any atom is 0.273 e. The van der Waals surface area contributed by atoms with Crippen LogP contribution in [-0.2, 0) is 6.42 Å². The maximum atomic E-state index is 12.0. The molecule has 0 atom stereocenters. The summed E-state index contributed by atoms with van der Waals surface area (Å²) in [4.78, 5) is 12.0. The Kier molecular flexibility index (Phi) is 4.09. The van der Waals surface area contributed by atoms with Crippen molar-refractivity contribution in [2.24, 2.45) is 5.41 Å². The van der Waals surface area contributed by atoms with Gasteiger partial charge < -0.3 is 16.2 Å². The van der Waals surface area contributed by atoms with Crippen molar-refractivity contribution < 1.29 is 9.90 Å². The minimum atomic E-state index is -0.236. The number of carbonyl (C=O) groups excluding carboxylic acids is 1. The van der Waals surface area contributed by atoms with Gasteiger partial charge in [-0.25, -0.2) is 0 Å². The molecular formula is C13H22N4O2. The standard InChI is InChI=1S/C13H22N4O2/c1-2-3-9-10(14)11(17-16-9)12(19)15-8-13(4-5-13)6-7-18/h18H,2-8,14H2,1H3,(H,15,19)(H,16,17). The van der Waals surface area contributed by atoms with E-state index in [1.54, 1.807) is 0 Å². The fourth-order valence-electron chi connectivity index (χ4n) is 2.28. The summed E-state index contributed by atoms with van der Waals surface area (Å²) in [5.41, 5.74) is 7.56. The summed E-state index contributed by atoms with van der Waals surface area (Å²) in [6.45, 7) is 2.80. The summed E-state index contributed by atoms with van der Waals surface area (Å²) < 4.78 is 0. The fraction of sp³-hybridized carbons (Fsp3) is 0.692. The van der Waals surface area contributed by atoms with Gasteiger partial charge in [0, 0.05) is 13.2 Å². The molecule has 19 heavy (non-hydrogen) atoms. The molecule has 0 spiro atoms. The Morgan fingerprint density at radius 1 is 1.58 bits per heavy atom. The van der Waals surface area contributed by atoms with Crippen LogP contribution in [0.4, 0.5) is 5.69 Å². The summed E-state index contributed by atoms with van der Waals surface area (Å²) >= 11 is 0. The van der Waals surface area contributed by atoms with Crippen LogP contribution in [-0.4, -0.2) is 34.4 Å². The van der Waals surface area contributed by atoms with Crippen LogP contribution in [0.2, 0.25) is 0 Å². The lowest BCUT2D eigenvalue weighted by atomic mass is 10.0. The zero-order valence-electron chi connectivity index (χ0n) is 11.3. The van der Waals surface area contributed by atoms with E-state index >= 15 is 0 Å². The van der Waals surface area contributed by atoms with Crippen LogP contribution >= 0.6 is 0 Å². The number of aromatic amines is 1. The van der Waals surface area contributed by atoms with E-state index in [1.807, 2.05) is 6.92 Å². The third kappa shape index (κ3) is 3.07. The number of nitrogens with two attached hydrogens (primary N) is 1. The topological polar surface area (TPSA) is 104 Å². The maximum absolute atomic E-state index is 12.0. The monoisotopic (exact) mass is 266 g/mol. The van der Waals surface area contributed by atoms with Crippen LogP contribution in [0.5, 0.6) is 0 Å². The van der Waals surface area contributed by atoms with E-state index in [0.29, 0.717) is 12.2 Å². The predicted molar refractivity (Wildman–Crippen MR) is 72.7 cm³/mol. The van der Waals surface area contributed by atoms with Gasteiger partial charge in [0.15, 0.2) is 5.69 Å². The summed E-state index contributed by atoms with van der Waals surface area (Å²) in [5.74, 6) is -0.236. The lowest BCUT2D eigenvalue weighted by Crippen LogP contribution is -2.31. The highest BCUT2D eigenvalue weighted by Crippen LogP contribution is 2.47. The Bertz CT molecular complexity index is 451. The molecule has 1 aliphatic rings. The average Bonchev–Trinajstić information content (AvgIpc) is 3.07. The lowest BCUT2D eigenvalue weighted by Gasteiger charge is -2.13. The van der Waals surface area contributed by atoms with Crippen molar-refractivity contribution >= 4 is 11.6 Å². The molecule has 0 unspecified atom stereocenters. The molecular weight excluding hydrogens is 244 g/mol. The van der Waals surface area contributed by atoms with Crippen LogP contribution in [0, 0.1) is 5.41 Å². The molecule has 0 saturated heterocycles. The Morgan fingerprint density at radius 3 is 2.89 bits per heavy atom. The molecule has 1 amide bonds. The van der Waals surface area contributed by atoms with Crippen molar-refractivity contribution in [2.75, 3.05) is 18.9 Å². The van der Waals surface area contributed by atoms with E-state index < -0.39 is 0 Å². The number of H-pyrrole nitrogens is 1. The van der Waals surface area contributed by atoms with Crippen LogP contribution in [0.1, 0.15) is 48.8 Å². The third-order valence-electron chi connectivity index (χ3n) is 3.82. The van der Waals surface area contributed by atoms with Gasteiger partial charge in [-0.15, -0.1) is 0 Å². The van der Waals surface area contributed by atoms with Crippen molar-refractivity contribution in [3.63, 3.8) is 0 Å². The Morgan fingerprint density at radius 2 is 2.32 bits per heavy atom. The van der Waals surface area contributed by atoms with Gasteiger partial charge in [0.25, 0.3) is 5.91 Å². The Labute approximate surface area is 112 Å². The molecule has 2 rings (SSSR count). The smallest absolute Gasteiger partial charge is 0.273 e. The van der Waals surface area contributed by atoms with Crippen LogP contribution in [0.3, 0.4) is 0 Å². The minimum absolute atomic E-state index is 0.0989. The largest absolute Gasteiger partial charge is 0.396 e. The molecule has 1 fully saturated rings. The first-order valence-corrected chi connectivity index (χ1v) is 6.83. The number of hydrogen-bond acceptors (Lipinski definition) is 4. The summed E-state index contributed by atoms with van der Waals surface area (Å²) in [6.07, 6.45) is 4.61. The molecule has 6 heteroatoms. The van der Waals surface area contributed by atoms with E-state index in [9.17, 15) is 4.79 Å². The highest BCUT2D eigenvalue weighted by atomic mass is 16.3. The fourth-order valence-corrected chi connectivity index (χ4v) is 2.28. The van der Waals surface area contributed by atoms with Crippen molar-refractivity contribution in [3.05, 3.63) is 11.4 Å². The molecule has 0 aromatic carbocycles. The van der Waals surface area contributed by atoms with Gasteiger partial charge >= 0.3 is 0 Å². The molecule has 0 radical (unpaired) electrons. The Hall–Kier alpha value is -1.56. The first kappa shape index (κ1) is 13.9. The van der Waals surface area contributed by atoms with Gasteiger partial charge in [0.1, 0.15) is 0 Å². The molecule has 1 heterocycles. The number of rotatable bonds is 7. The third-order valence-corrected chi connectivity index (χ3v) is 3.82. The van der Waals surface area contributed by atoms with E-state index in [2.05, 4.69) is 15.5 Å². The zero-order valence-corrected chi connectivity index (χ0v) is 11.3. The minimum Gasteiger partial charge on any atom is -0.396 e. The van der Waals surface area contributed by atoms with Gasteiger partial charge in [-0.3, -0.25) is 9.89 Å². The summed E-state index contributed by atoms with van der Waals surface area (Å²) in [7, 11) is 0. The number of hydrogen-bond donors (Lipinski definition) is 4. The molecule has 1 saturated carbocycles. The average molecular weight is 266 g/mol. The van der Waals surface area contributed by atoms with Crippen molar-refractivity contribution in [3.8, 4) is 0 Å². The number of nitrogens with zero attached hydrogens (tertiary/aromatic N) is 1. The van der Waals surface area contributed by atoms with Gasteiger partial charge in [0.2, 0.25) is 0 Å².